The van der Waals surface area contributed by atoms with Crippen LogP contribution in [0.3, 0.4) is 0 Å². The molecule has 2 N–H and O–H groups in total. The smallest absolute Gasteiger partial charge is 0.338 e. The van der Waals surface area contributed by atoms with Crippen LogP contribution >= 0.6 is 0 Å². The van der Waals surface area contributed by atoms with Crippen molar-refractivity contribution in [2.75, 3.05) is 13.1 Å². The summed E-state index contributed by atoms with van der Waals surface area (Å²) in [5.74, 6) is -1.50. The quantitative estimate of drug-likeness (QED) is 0.449. The molecule has 0 unspecified atom stereocenters. The van der Waals surface area contributed by atoms with Crippen molar-refractivity contribution in [2.45, 2.75) is 31.7 Å². The number of aromatic carboxylic acids is 1. The van der Waals surface area contributed by atoms with Crippen molar-refractivity contribution in [3.8, 4) is 0 Å². The van der Waals surface area contributed by atoms with E-state index in [4.69, 9.17) is 9.52 Å². The highest BCUT2D eigenvalue weighted by Gasteiger charge is 2.24. The van der Waals surface area contributed by atoms with Crippen LogP contribution in [0, 0.1) is 5.82 Å². The summed E-state index contributed by atoms with van der Waals surface area (Å²) in [6.07, 6.45) is 10.2. The van der Waals surface area contributed by atoms with E-state index in [-0.39, 0.29) is 5.56 Å². The van der Waals surface area contributed by atoms with Crippen LogP contribution in [-0.4, -0.2) is 39.0 Å². The molecule has 0 bridgehead atoms. The second-order valence-corrected chi connectivity index (χ2v) is 8.42. The topological polar surface area (TPSA) is 82.4 Å². The molecule has 4 heterocycles. The van der Waals surface area contributed by atoms with Crippen LogP contribution in [-0.2, 0) is 13.0 Å². The third-order valence-electron chi connectivity index (χ3n) is 6.36. The molecule has 1 aromatic carbocycles. The molecule has 0 atom stereocenters. The summed E-state index contributed by atoms with van der Waals surface area (Å²) in [7, 11) is 0. The number of hydrogen-bond donors (Lipinski definition) is 2. The van der Waals surface area contributed by atoms with Crippen molar-refractivity contribution < 1.29 is 18.7 Å². The maximum Gasteiger partial charge on any atom is 0.338 e. The van der Waals surface area contributed by atoms with Crippen LogP contribution in [0.5, 0.6) is 0 Å². The Kier molecular flexibility index (Phi) is 5.49. The lowest BCUT2D eigenvalue weighted by Crippen LogP contribution is -2.32. The number of carboxylic acids is 1. The number of rotatable bonds is 6. The molecule has 0 spiro atoms. The van der Waals surface area contributed by atoms with E-state index >= 15 is 0 Å². The Bertz CT molecular complexity index is 1240. The number of furan rings is 1. The first-order valence-corrected chi connectivity index (χ1v) is 10.8. The zero-order valence-corrected chi connectivity index (χ0v) is 17.6. The third kappa shape index (κ3) is 4.03. The second-order valence-electron chi connectivity index (χ2n) is 8.42. The standard InChI is InChI=1S/C25H24FN3O3/c26-22-2-1-16(12-20(22)25(30)31)14-29-8-4-18(5-9-29)21-13-28-24-23(21)19(3-7-27-24)11-17-6-10-32-15-17/h1-3,6-7,10,12-13,15,18H,4-5,8-9,11,14H2,(H,27,28)(H,30,31). The lowest BCUT2D eigenvalue weighted by Gasteiger charge is -2.32. The summed E-state index contributed by atoms with van der Waals surface area (Å²) in [5, 5.41) is 10.4. The van der Waals surface area contributed by atoms with Crippen LogP contribution in [0.1, 0.15) is 51.4 Å². The third-order valence-corrected chi connectivity index (χ3v) is 6.36. The average Bonchev–Trinajstić information content (AvgIpc) is 3.46. The van der Waals surface area contributed by atoms with Crippen LogP contribution in [0.2, 0.25) is 0 Å². The van der Waals surface area contributed by atoms with Gasteiger partial charge in [0.2, 0.25) is 0 Å². The Morgan fingerprint density at radius 2 is 2.06 bits per heavy atom. The molecule has 0 aliphatic carbocycles. The van der Waals surface area contributed by atoms with Crippen molar-refractivity contribution in [2.24, 2.45) is 0 Å². The molecular weight excluding hydrogens is 409 g/mol. The van der Waals surface area contributed by atoms with Gasteiger partial charge in [0.25, 0.3) is 0 Å². The van der Waals surface area contributed by atoms with Crippen LogP contribution in [0.25, 0.3) is 11.0 Å². The lowest BCUT2D eigenvalue weighted by molar-refractivity contribution is 0.0691. The van der Waals surface area contributed by atoms with Gasteiger partial charge >= 0.3 is 5.97 Å². The molecule has 0 amide bonds. The number of benzene rings is 1. The SMILES string of the molecule is O=C(O)c1cc(CN2CCC(c3c[nH]c4nccc(Cc5ccoc5)c34)CC2)ccc1F. The Morgan fingerprint density at radius 1 is 1.22 bits per heavy atom. The number of H-pyrrole nitrogens is 1. The number of carboxylic acid groups (broad SMARTS) is 1. The fourth-order valence-corrected chi connectivity index (χ4v) is 4.73. The predicted octanol–water partition coefficient (Wildman–Crippen LogP) is 4.96. The molecule has 1 aliphatic heterocycles. The summed E-state index contributed by atoms with van der Waals surface area (Å²) in [4.78, 5) is 21.4. The number of aromatic nitrogens is 2. The van der Waals surface area contributed by atoms with E-state index in [9.17, 15) is 9.18 Å². The van der Waals surface area contributed by atoms with E-state index < -0.39 is 11.8 Å². The van der Waals surface area contributed by atoms with E-state index in [0.717, 1.165) is 49.1 Å². The van der Waals surface area contributed by atoms with Crippen molar-refractivity contribution >= 4 is 17.0 Å². The summed E-state index contributed by atoms with van der Waals surface area (Å²) < 4.78 is 18.9. The first kappa shape index (κ1) is 20.5. The van der Waals surface area contributed by atoms with E-state index in [1.165, 1.54) is 28.6 Å². The lowest BCUT2D eigenvalue weighted by atomic mass is 9.87. The molecule has 0 radical (unpaired) electrons. The summed E-state index contributed by atoms with van der Waals surface area (Å²) in [6, 6.07) is 8.42. The van der Waals surface area contributed by atoms with Crippen molar-refractivity contribution in [1.82, 2.24) is 14.9 Å². The first-order chi connectivity index (χ1) is 15.6. The van der Waals surface area contributed by atoms with Gasteiger partial charge in [0.15, 0.2) is 0 Å². The molecule has 4 aromatic rings. The summed E-state index contributed by atoms with van der Waals surface area (Å²) >= 11 is 0. The molecule has 1 aliphatic rings. The summed E-state index contributed by atoms with van der Waals surface area (Å²) in [5.41, 5.74) is 5.15. The minimum absolute atomic E-state index is 0.270. The number of fused-ring (bicyclic) bond motifs is 1. The number of halogens is 1. The number of piperidine rings is 1. The van der Waals surface area contributed by atoms with Gasteiger partial charge < -0.3 is 14.5 Å². The number of nitrogens with one attached hydrogen (secondary N) is 1. The fourth-order valence-electron chi connectivity index (χ4n) is 4.73. The molecule has 5 rings (SSSR count). The van der Waals surface area contributed by atoms with Crippen LogP contribution in [0.4, 0.5) is 4.39 Å². The zero-order valence-electron chi connectivity index (χ0n) is 17.6. The van der Waals surface area contributed by atoms with Gasteiger partial charge in [-0.15, -0.1) is 0 Å². The molecule has 7 heteroatoms. The maximum atomic E-state index is 13.7. The molecule has 6 nitrogen and oxygen atoms in total. The Labute approximate surface area is 184 Å². The number of nitrogens with zero attached hydrogens (tertiary/aromatic N) is 2. The summed E-state index contributed by atoms with van der Waals surface area (Å²) in [6.45, 7) is 2.41. The Balaban J connectivity index is 1.30. The van der Waals surface area contributed by atoms with Crippen molar-refractivity contribution in [1.29, 1.82) is 0 Å². The van der Waals surface area contributed by atoms with Gasteiger partial charge in [-0.2, -0.15) is 0 Å². The average molecular weight is 433 g/mol. The normalized spacial score (nSPS) is 15.4. The van der Waals surface area contributed by atoms with E-state index in [0.29, 0.717) is 12.5 Å². The monoisotopic (exact) mass is 433 g/mol. The largest absolute Gasteiger partial charge is 0.478 e. The van der Waals surface area contributed by atoms with Gasteiger partial charge in [-0.25, -0.2) is 14.2 Å². The van der Waals surface area contributed by atoms with Crippen molar-refractivity contribution in [3.63, 3.8) is 0 Å². The van der Waals surface area contributed by atoms with Crippen LogP contribution in [0.15, 0.2) is 59.7 Å². The highest BCUT2D eigenvalue weighted by molar-refractivity contribution is 5.88. The van der Waals surface area contributed by atoms with Gasteiger partial charge in [-0.1, -0.05) is 6.07 Å². The maximum absolute atomic E-state index is 13.7. The van der Waals surface area contributed by atoms with Gasteiger partial charge in [0.1, 0.15) is 11.5 Å². The molecule has 32 heavy (non-hydrogen) atoms. The number of carbonyl (C=O) groups is 1. The number of aromatic amines is 1. The molecular formula is C25H24FN3O3. The molecule has 1 fully saturated rings. The van der Waals surface area contributed by atoms with Crippen LogP contribution < -0.4 is 0 Å². The fraction of sp³-hybridized carbons (Fsp3) is 0.280. The molecule has 3 aromatic heterocycles. The molecule has 0 saturated carbocycles. The van der Waals surface area contributed by atoms with Gasteiger partial charge in [-0.05, 0) is 78.4 Å². The van der Waals surface area contributed by atoms with E-state index in [2.05, 4.69) is 27.1 Å². The van der Waals surface area contributed by atoms with Gasteiger partial charge in [0, 0.05) is 30.7 Å². The minimum atomic E-state index is -1.23. The van der Waals surface area contributed by atoms with E-state index in [1.54, 1.807) is 18.6 Å². The Morgan fingerprint density at radius 3 is 2.81 bits per heavy atom. The zero-order chi connectivity index (χ0) is 22.1. The predicted molar refractivity (Wildman–Crippen MR) is 118 cm³/mol. The Hall–Kier alpha value is -3.45. The number of hydrogen-bond acceptors (Lipinski definition) is 4. The minimum Gasteiger partial charge on any atom is -0.478 e. The van der Waals surface area contributed by atoms with Gasteiger partial charge in [-0.3, -0.25) is 4.90 Å². The molecule has 1 saturated heterocycles. The first-order valence-electron chi connectivity index (χ1n) is 10.8. The van der Waals surface area contributed by atoms with E-state index in [1.807, 2.05) is 12.3 Å². The number of pyridine rings is 1. The van der Waals surface area contributed by atoms with Gasteiger partial charge in [0.05, 0.1) is 18.1 Å². The molecule has 164 valence electrons. The highest BCUT2D eigenvalue weighted by atomic mass is 19.1. The second kappa shape index (κ2) is 8.59. The highest BCUT2D eigenvalue weighted by Crippen LogP contribution is 2.35. The number of likely N-dealkylation sites (tertiary alicyclic amines) is 1. The van der Waals surface area contributed by atoms with Crippen molar-refractivity contribution in [3.05, 3.63) is 88.9 Å².